The van der Waals surface area contributed by atoms with Gasteiger partial charge in [-0.05, 0) is 61.1 Å². The lowest BCUT2D eigenvalue weighted by Crippen LogP contribution is -2.49. The number of nitrogens with zero attached hydrogens (tertiary/aromatic N) is 1. The summed E-state index contributed by atoms with van der Waals surface area (Å²) >= 11 is 0. The van der Waals surface area contributed by atoms with Crippen molar-refractivity contribution in [3.63, 3.8) is 0 Å². The first kappa shape index (κ1) is 23.5. The van der Waals surface area contributed by atoms with Crippen LogP contribution in [-0.2, 0) is 22.6 Å². The van der Waals surface area contributed by atoms with Crippen LogP contribution in [0, 0.1) is 13.8 Å². The minimum Gasteiger partial charge on any atom is -0.497 e. The average molecular weight is 411 g/mol. The fourth-order valence-electron chi connectivity index (χ4n) is 3.44. The third-order valence-electron chi connectivity index (χ3n) is 5.35. The zero-order valence-corrected chi connectivity index (χ0v) is 18.8. The van der Waals surface area contributed by atoms with Gasteiger partial charge in [-0.15, -0.1) is 0 Å². The number of aryl methyl sites for hydroxylation is 2. The van der Waals surface area contributed by atoms with Crippen LogP contribution in [0.15, 0.2) is 42.5 Å². The van der Waals surface area contributed by atoms with Crippen molar-refractivity contribution < 1.29 is 14.3 Å². The van der Waals surface area contributed by atoms with Crippen LogP contribution in [0.3, 0.4) is 0 Å². The molecule has 2 rings (SSSR count). The number of hydrogen-bond donors (Lipinski definition) is 1. The molecular formula is C25H34N2O3. The second-order valence-corrected chi connectivity index (χ2v) is 7.68. The molecule has 0 fully saturated rings. The summed E-state index contributed by atoms with van der Waals surface area (Å²) in [5, 5.41) is 2.95. The number of ether oxygens (including phenoxy) is 1. The van der Waals surface area contributed by atoms with Gasteiger partial charge in [0.2, 0.25) is 11.8 Å². The van der Waals surface area contributed by atoms with Gasteiger partial charge in [0.25, 0.3) is 0 Å². The number of amides is 2. The summed E-state index contributed by atoms with van der Waals surface area (Å²) in [6, 6.07) is 13.2. The van der Waals surface area contributed by atoms with Gasteiger partial charge in [0.05, 0.1) is 13.5 Å². The number of carbonyl (C=O) groups excluding carboxylic acids is 2. The average Bonchev–Trinajstić information content (AvgIpc) is 2.74. The first-order chi connectivity index (χ1) is 14.4. The van der Waals surface area contributed by atoms with Crippen molar-refractivity contribution in [2.75, 3.05) is 13.7 Å². The molecule has 2 aromatic carbocycles. The lowest BCUT2D eigenvalue weighted by molar-refractivity contribution is -0.140. The Balaban J connectivity index is 2.30. The maximum Gasteiger partial charge on any atom is 0.242 e. The van der Waals surface area contributed by atoms with E-state index >= 15 is 0 Å². The first-order valence-electron chi connectivity index (χ1n) is 10.7. The molecule has 0 bridgehead atoms. The van der Waals surface area contributed by atoms with Crippen LogP contribution < -0.4 is 10.1 Å². The van der Waals surface area contributed by atoms with E-state index in [0.717, 1.165) is 28.9 Å². The molecule has 0 aromatic heterocycles. The Labute approximate surface area is 180 Å². The topological polar surface area (TPSA) is 58.6 Å². The molecule has 5 nitrogen and oxygen atoms in total. The molecule has 2 aromatic rings. The first-order valence-corrected chi connectivity index (χ1v) is 10.7. The molecule has 0 heterocycles. The van der Waals surface area contributed by atoms with Crippen LogP contribution in [0.2, 0.25) is 0 Å². The van der Waals surface area contributed by atoms with Crippen molar-refractivity contribution in [3.05, 3.63) is 64.7 Å². The van der Waals surface area contributed by atoms with E-state index in [1.54, 1.807) is 12.0 Å². The molecule has 0 aliphatic heterocycles. The molecule has 162 valence electrons. The van der Waals surface area contributed by atoms with Gasteiger partial charge >= 0.3 is 0 Å². The molecule has 1 N–H and O–H groups in total. The number of nitrogens with one attached hydrogen (secondary N) is 1. The summed E-state index contributed by atoms with van der Waals surface area (Å²) in [6.07, 6.45) is 1.68. The maximum atomic E-state index is 13.4. The summed E-state index contributed by atoms with van der Waals surface area (Å²) < 4.78 is 5.32. The Morgan fingerprint density at radius 1 is 1.03 bits per heavy atom. The monoisotopic (exact) mass is 410 g/mol. The smallest absolute Gasteiger partial charge is 0.242 e. The minimum atomic E-state index is -0.512. The summed E-state index contributed by atoms with van der Waals surface area (Å²) in [5.41, 5.74) is 4.25. The number of rotatable bonds is 10. The molecule has 0 radical (unpaired) electrons. The lowest BCUT2D eigenvalue weighted by atomic mass is 10.0. The number of methoxy groups -OCH3 is 1. The molecule has 0 saturated heterocycles. The van der Waals surface area contributed by atoms with Crippen molar-refractivity contribution in [1.29, 1.82) is 0 Å². The molecule has 1 atom stereocenters. The summed E-state index contributed by atoms with van der Waals surface area (Å²) in [7, 11) is 1.62. The Hall–Kier alpha value is -2.82. The minimum absolute atomic E-state index is 0.0560. The molecule has 2 amide bonds. The van der Waals surface area contributed by atoms with E-state index in [2.05, 4.69) is 18.3 Å². The van der Waals surface area contributed by atoms with E-state index in [9.17, 15) is 9.59 Å². The van der Waals surface area contributed by atoms with Gasteiger partial charge in [-0.25, -0.2) is 0 Å². The van der Waals surface area contributed by atoms with E-state index in [1.165, 1.54) is 5.56 Å². The summed E-state index contributed by atoms with van der Waals surface area (Å²) in [6.45, 7) is 9.02. The second-order valence-electron chi connectivity index (χ2n) is 7.68. The molecule has 0 saturated carbocycles. The predicted molar refractivity (Wildman–Crippen MR) is 121 cm³/mol. The van der Waals surface area contributed by atoms with Crippen molar-refractivity contribution in [3.8, 4) is 5.75 Å². The molecule has 0 aliphatic carbocycles. The fraction of sp³-hybridized carbons (Fsp3) is 0.440. The van der Waals surface area contributed by atoms with Crippen LogP contribution in [0.1, 0.15) is 48.9 Å². The van der Waals surface area contributed by atoms with Gasteiger partial charge in [-0.2, -0.15) is 0 Å². The normalized spacial score (nSPS) is 11.6. The standard InChI is InChI=1S/C25H34N2O3/c1-6-13-26-25(29)23(7-2)27(17-21-9-8-10-22(15-21)30-5)24(28)16-20-12-11-18(3)19(4)14-20/h8-12,14-15,23H,6-7,13,16-17H2,1-5H3,(H,26,29). The van der Waals surface area contributed by atoms with Gasteiger partial charge in [0.15, 0.2) is 0 Å². The fourth-order valence-corrected chi connectivity index (χ4v) is 3.44. The highest BCUT2D eigenvalue weighted by atomic mass is 16.5. The van der Waals surface area contributed by atoms with Crippen molar-refractivity contribution in [1.82, 2.24) is 10.2 Å². The Morgan fingerprint density at radius 2 is 1.80 bits per heavy atom. The van der Waals surface area contributed by atoms with Gasteiger partial charge < -0.3 is 15.0 Å². The number of carbonyl (C=O) groups is 2. The highest BCUT2D eigenvalue weighted by molar-refractivity contribution is 5.88. The predicted octanol–water partition coefficient (Wildman–Crippen LogP) is 4.19. The molecule has 1 unspecified atom stereocenters. The Kier molecular flexibility index (Phi) is 8.90. The molecular weight excluding hydrogens is 376 g/mol. The van der Waals surface area contributed by atoms with Crippen LogP contribution in [0.4, 0.5) is 0 Å². The number of hydrogen-bond acceptors (Lipinski definition) is 3. The highest BCUT2D eigenvalue weighted by Crippen LogP contribution is 2.19. The van der Waals surface area contributed by atoms with Crippen LogP contribution in [0.25, 0.3) is 0 Å². The van der Waals surface area contributed by atoms with Crippen molar-refractivity contribution >= 4 is 11.8 Å². The molecule has 5 heteroatoms. The van der Waals surface area contributed by atoms with E-state index in [-0.39, 0.29) is 18.2 Å². The van der Waals surface area contributed by atoms with Gasteiger partial charge in [-0.3, -0.25) is 9.59 Å². The third-order valence-corrected chi connectivity index (χ3v) is 5.35. The Morgan fingerprint density at radius 3 is 2.43 bits per heavy atom. The third kappa shape index (κ3) is 6.34. The largest absolute Gasteiger partial charge is 0.497 e. The Bertz CT molecular complexity index is 863. The summed E-state index contributed by atoms with van der Waals surface area (Å²) in [5.74, 6) is 0.577. The molecule has 30 heavy (non-hydrogen) atoms. The van der Waals surface area contributed by atoms with Gasteiger partial charge in [0.1, 0.15) is 11.8 Å². The SMILES string of the molecule is CCCNC(=O)C(CC)N(Cc1cccc(OC)c1)C(=O)Cc1ccc(C)c(C)c1. The number of benzene rings is 2. The highest BCUT2D eigenvalue weighted by Gasteiger charge is 2.28. The lowest BCUT2D eigenvalue weighted by Gasteiger charge is -2.31. The zero-order valence-electron chi connectivity index (χ0n) is 18.8. The molecule has 0 aliphatic rings. The summed E-state index contributed by atoms with van der Waals surface area (Å²) in [4.78, 5) is 27.9. The van der Waals surface area contributed by atoms with E-state index in [4.69, 9.17) is 4.74 Å². The van der Waals surface area contributed by atoms with Gasteiger partial charge in [-0.1, -0.05) is 44.2 Å². The second kappa shape index (κ2) is 11.4. The molecule has 0 spiro atoms. The van der Waals surface area contributed by atoms with E-state index in [0.29, 0.717) is 19.5 Å². The van der Waals surface area contributed by atoms with Crippen LogP contribution >= 0.6 is 0 Å². The quantitative estimate of drug-likeness (QED) is 0.639. The van der Waals surface area contributed by atoms with Crippen molar-refractivity contribution in [2.24, 2.45) is 0 Å². The van der Waals surface area contributed by atoms with Crippen molar-refractivity contribution in [2.45, 2.75) is 59.5 Å². The van der Waals surface area contributed by atoms with E-state index in [1.807, 2.05) is 57.2 Å². The van der Waals surface area contributed by atoms with Gasteiger partial charge in [0, 0.05) is 13.1 Å². The zero-order chi connectivity index (χ0) is 22.1. The van der Waals surface area contributed by atoms with Crippen LogP contribution in [-0.4, -0.2) is 36.4 Å². The van der Waals surface area contributed by atoms with E-state index < -0.39 is 6.04 Å². The van der Waals surface area contributed by atoms with Crippen LogP contribution in [0.5, 0.6) is 5.75 Å². The maximum absolute atomic E-state index is 13.4.